The summed E-state index contributed by atoms with van der Waals surface area (Å²) in [5, 5.41) is 3.66. The number of piperidine rings is 1. The molecule has 2 aliphatic heterocycles. The van der Waals surface area contributed by atoms with Crippen LogP contribution in [-0.2, 0) is 0 Å². The van der Waals surface area contributed by atoms with Crippen LogP contribution >= 0.6 is 0 Å². The van der Waals surface area contributed by atoms with Crippen molar-refractivity contribution in [2.75, 3.05) is 25.0 Å². The van der Waals surface area contributed by atoms with Crippen LogP contribution in [0.4, 0.5) is 5.69 Å². The molecule has 0 aliphatic carbocycles. The first kappa shape index (κ1) is 12.7. The summed E-state index contributed by atoms with van der Waals surface area (Å²) in [5.41, 5.74) is 1.04. The summed E-state index contributed by atoms with van der Waals surface area (Å²) < 4.78 is 5.60. The summed E-state index contributed by atoms with van der Waals surface area (Å²) in [7, 11) is 0. The van der Waals surface area contributed by atoms with Crippen LogP contribution in [0, 0.1) is 0 Å². The number of anilines is 1. The molecular weight excluding hydrogens is 238 g/mol. The van der Waals surface area contributed by atoms with E-state index >= 15 is 0 Å². The van der Waals surface area contributed by atoms with E-state index in [4.69, 9.17) is 4.74 Å². The fourth-order valence-corrected chi connectivity index (χ4v) is 3.37. The third kappa shape index (κ3) is 2.68. The van der Waals surface area contributed by atoms with Gasteiger partial charge in [0.15, 0.2) is 0 Å². The predicted molar refractivity (Wildman–Crippen MR) is 76.6 cm³/mol. The summed E-state index contributed by atoms with van der Waals surface area (Å²) in [6, 6.07) is 5.29. The molecule has 4 nitrogen and oxygen atoms in total. The highest BCUT2D eigenvalue weighted by Crippen LogP contribution is 2.31. The van der Waals surface area contributed by atoms with Crippen molar-refractivity contribution in [2.45, 2.75) is 44.7 Å². The summed E-state index contributed by atoms with van der Waals surface area (Å²) in [6.07, 6.45) is 7.07. The van der Waals surface area contributed by atoms with Crippen LogP contribution in [0.3, 0.4) is 0 Å². The van der Waals surface area contributed by atoms with Gasteiger partial charge in [0.25, 0.3) is 0 Å². The third-order valence-corrected chi connectivity index (χ3v) is 4.25. The van der Waals surface area contributed by atoms with Crippen LogP contribution in [0.1, 0.15) is 32.6 Å². The Morgan fingerprint density at radius 3 is 3.21 bits per heavy atom. The van der Waals surface area contributed by atoms with Crippen LogP contribution in [0.5, 0.6) is 5.88 Å². The second kappa shape index (κ2) is 5.78. The lowest BCUT2D eigenvalue weighted by Crippen LogP contribution is -2.41. The van der Waals surface area contributed by atoms with Gasteiger partial charge in [-0.15, -0.1) is 0 Å². The van der Waals surface area contributed by atoms with Crippen molar-refractivity contribution in [3.63, 3.8) is 0 Å². The Kier molecular flexibility index (Phi) is 3.87. The molecule has 1 aromatic heterocycles. The fraction of sp³-hybridized carbons (Fsp3) is 0.667. The summed E-state index contributed by atoms with van der Waals surface area (Å²) >= 11 is 0. The van der Waals surface area contributed by atoms with Gasteiger partial charge in [-0.1, -0.05) is 6.42 Å². The highest BCUT2D eigenvalue weighted by Gasteiger charge is 2.35. The van der Waals surface area contributed by atoms with Crippen LogP contribution < -0.4 is 10.1 Å². The molecule has 0 saturated carbocycles. The Morgan fingerprint density at radius 2 is 2.32 bits per heavy atom. The van der Waals surface area contributed by atoms with Gasteiger partial charge in [0.05, 0.1) is 12.3 Å². The van der Waals surface area contributed by atoms with Crippen molar-refractivity contribution < 1.29 is 4.74 Å². The molecule has 0 aromatic carbocycles. The Morgan fingerprint density at radius 1 is 1.37 bits per heavy atom. The lowest BCUT2D eigenvalue weighted by molar-refractivity contribution is 0.192. The molecule has 2 saturated heterocycles. The van der Waals surface area contributed by atoms with E-state index in [1.54, 1.807) is 6.20 Å². The van der Waals surface area contributed by atoms with Crippen LogP contribution in [0.25, 0.3) is 0 Å². The molecule has 104 valence electrons. The summed E-state index contributed by atoms with van der Waals surface area (Å²) in [4.78, 5) is 6.95. The SMILES string of the molecule is CCOc1ncccc1NC1CCN2CCCCC12. The minimum atomic E-state index is 0.545. The largest absolute Gasteiger partial charge is 0.476 e. The van der Waals surface area contributed by atoms with E-state index < -0.39 is 0 Å². The van der Waals surface area contributed by atoms with Crippen molar-refractivity contribution in [3.05, 3.63) is 18.3 Å². The van der Waals surface area contributed by atoms with Gasteiger partial charge in [-0.3, -0.25) is 4.90 Å². The maximum atomic E-state index is 5.60. The monoisotopic (exact) mass is 261 g/mol. The first-order chi connectivity index (χ1) is 9.38. The average Bonchev–Trinajstić information content (AvgIpc) is 2.85. The number of nitrogens with one attached hydrogen (secondary N) is 1. The Hall–Kier alpha value is -1.29. The highest BCUT2D eigenvalue weighted by molar-refractivity contribution is 5.53. The van der Waals surface area contributed by atoms with Crippen molar-refractivity contribution in [1.29, 1.82) is 0 Å². The molecule has 0 bridgehead atoms. The summed E-state index contributed by atoms with van der Waals surface area (Å²) in [5.74, 6) is 0.735. The number of aromatic nitrogens is 1. The van der Waals surface area contributed by atoms with E-state index in [0.717, 1.165) is 11.6 Å². The second-order valence-corrected chi connectivity index (χ2v) is 5.43. The predicted octanol–water partition coefficient (Wildman–Crippen LogP) is 2.52. The van der Waals surface area contributed by atoms with Gasteiger partial charge < -0.3 is 10.1 Å². The molecule has 0 radical (unpaired) electrons. The van der Waals surface area contributed by atoms with Gasteiger partial charge in [0.2, 0.25) is 5.88 Å². The second-order valence-electron chi connectivity index (χ2n) is 5.43. The number of hydrogen-bond acceptors (Lipinski definition) is 4. The molecule has 2 aliphatic rings. The molecule has 4 heteroatoms. The van der Waals surface area contributed by atoms with Crippen LogP contribution in [-0.4, -0.2) is 41.7 Å². The molecule has 2 unspecified atom stereocenters. The van der Waals surface area contributed by atoms with Crippen LogP contribution in [0.15, 0.2) is 18.3 Å². The lowest BCUT2D eigenvalue weighted by Gasteiger charge is -2.33. The van der Waals surface area contributed by atoms with Gasteiger partial charge in [-0.2, -0.15) is 0 Å². The minimum Gasteiger partial charge on any atom is -0.476 e. The molecule has 0 amide bonds. The van der Waals surface area contributed by atoms with Crippen LogP contribution in [0.2, 0.25) is 0 Å². The van der Waals surface area contributed by atoms with Crippen molar-refractivity contribution >= 4 is 5.69 Å². The third-order valence-electron chi connectivity index (χ3n) is 4.25. The van der Waals surface area contributed by atoms with Gasteiger partial charge in [0.1, 0.15) is 0 Å². The zero-order chi connectivity index (χ0) is 13.1. The molecular formula is C15H23N3O. The quantitative estimate of drug-likeness (QED) is 0.903. The van der Waals surface area contributed by atoms with Crippen molar-refractivity contribution in [2.24, 2.45) is 0 Å². The van der Waals surface area contributed by atoms with Gasteiger partial charge in [-0.25, -0.2) is 4.98 Å². The fourth-order valence-electron chi connectivity index (χ4n) is 3.37. The van der Waals surface area contributed by atoms with E-state index in [1.165, 1.54) is 38.8 Å². The van der Waals surface area contributed by atoms with E-state index in [9.17, 15) is 0 Å². The Bertz CT molecular complexity index is 424. The zero-order valence-electron chi connectivity index (χ0n) is 11.6. The van der Waals surface area contributed by atoms with E-state index in [2.05, 4.69) is 21.3 Å². The minimum absolute atomic E-state index is 0.545. The molecule has 2 fully saturated rings. The molecule has 1 aromatic rings. The van der Waals surface area contributed by atoms with Gasteiger partial charge >= 0.3 is 0 Å². The number of pyridine rings is 1. The van der Waals surface area contributed by atoms with Gasteiger partial charge in [0, 0.05) is 24.8 Å². The number of hydrogen-bond donors (Lipinski definition) is 1. The molecule has 2 atom stereocenters. The smallest absolute Gasteiger partial charge is 0.237 e. The Balaban J connectivity index is 1.71. The average molecular weight is 261 g/mol. The first-order valence-corrected chi connectivity index (χ1v) is 7.47. The first-order valence-electron chi connectivity index (χ1n) is 7.47. The van der Waals surface area contributed by atoms with Gasteiger partial charge in [-0.05, 0) is 44.9 Å². The summed E-state index contributed by atoms with van der Waals surface area (Å²) in [6.45, 7) is 5.16. The topological polar surface area (TPSA) is 37.4 Å². The number of ether oxygens (including phenoxy) is 1. The normalized spacial score (nSPS) is 27.0. The van der Waals surface area contributed by atoms with E-state index in [0.29, 0.717) is 18.7 Å². The van der Waals surface area contributed by atoms with E-state index in [-0.39, 0.29) is 0 Å². The maximum Gasteiger partial charge on any atom is 0.237 e. The van der Waals surface area contributed by atoms with Crippen molar-refractivity contribution in [3.8, 4) is 5.88 Å². The molecule has 3 heterocycles. The highest BCUT2D eigenvalue weighted by atomic mass is 16.5. The zero-order valence-corrected chi connectivity index (χ0v) is 11.6. The number of rotatable bonds is 4. The van der Waals surface area contributed by atoms with E-state index in [1.807, 2.05) is 13.0 Å². The number of nitrogens with zero attached hydrogens (tertiary/aromatic N) is 2. The standard InChI is InChI=1S/C15H23N3O/c1-2-19-15-13(6-5-9-16-15)17-12-8-11-18-10-4-3-7-14(12)18/h5-6,9,12,14,17H,2-4,7-8,10-11H2,1H3. The lowest BCUT2D eigenvalue weighted by atomic mass is 9.99. The molecule has 3 rings (SSSR count). The van der Waals surface area contributed by atoms with Crippen molar-refractivity contribution in [1.82, 2.24) is 9.88 Å². The Labute approximate surface area is 115 Å². The molecule has 19 heavy (non-hydrogen) atoms. The molecule has 0 spiro atoms. The molecule has 1 N–H and O–H groups in total. The number of fused-ring (bicyclic) bond motifs is 1. The maximum absolute atomic E-state index is 5.60.